The Balaban J connectivity index is 2.79. The average Bonchev–Trinajstić information content (AvgIpc) is 2.12. The summed E-state index contributed by atoms with van der Waals surface area (Å²) < 4.78 is 0. The van der Waals surface area contributed by atoms with E-state index in [0.717, 1.165) is 6.42 Å². The molecule has 0 aromatic carbocycles. The van der Waals surface area contributed by atoms with Crippen molar-refractivity contribution in [3.63, 3.8) is 0 Å². The topological polar surface area (TPSA) is 80.9 Å². The Kier molecular flexibility index (Phi) is 3.64. The molecule has 76 valence electrons. The van der Waals surface area contributed by atoms with Crippen molar-refractivity contribution >= 4 is 23.3 Å². The van der Waals surface area contributed by atoms with Crippen molar-refractivity contribution in [2.24, 2.45) is 0 Å². The number of aromatic nitrogens is 2. The first-order chi connectivity index (χ1) is 6.63. The fraction of sp³-hybridized carbons (Fsp3) is 0.375. The van der Waals surface area contributed by atoms with Crippen LogP contribution >= 0.6 is 11.6 Å². The smallest absolute Gasteiger partial charge is 0.289 e. The molecule has 1 aromatic heterocycles. The molecule has 0 bridgehead atoms. The molecule has 0 atom stereocenters. The van der Waals surface area contributed by atoms with E-state index < -0.39 is 0 Å². The molecule has 1 rings (SSSR count). The summed E-state index contributed by atoms with van der Waals surface area (Å²) in [5.41, 5.74) is 5.41. The van der Waals surface area contributed by atoms with Crippen LogP contribution in [0.15, 0.2) is 6.07 Å². The highest BCUT2D eigenvalue weighted by Gasteiger charge is 2.09. The minimum Gasteiger partial charge on any atom is -0.384 e. The summed E-state index contributed by atoms with van der Waals surface area (Å²) in [4.78, 5) is 18.9. The number of hydrogen-bond donors (Lipinski definition) is 2. The molecule has 0 saturated heterocycles. The fourth-order valence-electron chi connectivity index (χ4n) is 0.854. The monoisotopic (exact) mass is 214 g/mol. The Morgan fingerprint density at radius 1 is 1.64 bits per heavy atom. The molecular formula is C8H11ClN4O. The van der Waals surface area contributed by atoms with Gasteiger partial charge in [0.25, 0.3) is 5.91 Å². The number of rotatable bonds is 3. The number of anilines is 1. The molecule has 1 heterocycles. The van der Waals surface area contributed by atoms with E-state index in [1.165, 1.54) is 6.07 Å². The standard InChI is InChI=1S/C8H11ClN4O/c1-2-3-11-8(14)7-12-5(9)4-6(10)13-7/h4H,2-3H2,1H3,(H,11,14)(H2,10,12,13). The van der Waals surface area contributed by atoms with Crippen molar-refractivity contribution in [3.8, 4) is 0 Å². The third-order valence-electron chi connectivity index (χ3n) is 1.45. The number of hydrogen-bond acceptors (Lipinski definition) is 4. The van der Waals surface area contributed by atoms with Gasteiger partial charge in [-0.2, -0.15) is 0 Å². The van der Waals surface area contributed by atoms with Gasteiger partial charge in [-0.05, 0) is 6.42 Å². The highest BCUT2D eigenvalue weighted by Crippen LogP contribution is 2.07. The van der Waals surface area contributed by atoms with E-state index in [2.05, 4.69) is 15.3 Å². The normalized spacial score (nSPS) is 9.86. The first-order valence-corrected chi connectivity index (χ1v) is 4.59. The summed E-state index contributed by atoms with van der Waals surface area (Å²) in [5.74, 6) is -0.170. The van der Waals surface area contributed by atoms with E-state index in [9.17, 15) is 4.79 Å². The van der Waals surface area contributed by atoms with Crippen LogP contribution in [0.5, 0.6) is 0 Å². The van der Waals surface area contributed by atoms with Crippen LogP contribution in [-0.2, 0) is 0 Å². The zero-order valence-corrected chi connectivity index (χ0v) is 8.51. The van der Waals surface area contributed by atoms with Crippen LogP contribution in [0.25, 0.3) is 0 Å². The number of nitrogens with zero attached hydrogens (tertiary/aromatic N) is 2. The molecule has 0 aliphatic rings. The Morgan fingerprint density at radius 3 is 2.93 bits per heavy atom. The van der Waals surface area contributed by atoms with E-state index in [4.69, 9.17) is 17.3 Å². The Morgan fingerprint density at radius 2 is 2.36 bits per heavy atom. The summed E-state index contributed by atoms with van der Waals surface area (Å²) >= 11 is 5.62. The Labute approximate surface area is 86.7 Å². The van der Waals surface area contributed by atoms with Gasteiger partial charge in [-0.15, -0.1) is 0 Å². The van der Waals surface area contributed by atoms with Crippen molar-refractivity contribution in [3.05, 3.63) is 17.0 Å². The molecule has 6 heteroatoms. The second-order valence-corrected chi connectivity index (χ2v) is 3.08. The number of nitrogen functional groups attached to an aromatic ring is 1. The average molecular weight is 215 g/mol. The quantitative estimate of drug-likeness (QED) is 0.731. The minimum absolute atomic E-state index is 0.00319. The van der Waals surface area contributed by atoms with Gasteiger partial charge in [0.15, 0.2) is 0 Å². The number of carbonyl (C=O) groups excluding carboxylic acids is 1. The van der Waals surface area contributed by atoms with Gasteiger partial charge < -0.3 is 11.1 Å². The molecule has 0 aliphatic heterocycles. The molecule has 14 heavy (non-hydrogen) atoms. The van der Waals surface area contributed by atoms with E-state index in [0.29, 0.717) is 6.54 Å². The lowest BCUT2D eigenvalue weighted by atomic mass is 10.4. The van der Waals surface area contributed by atoms with Crippen LogP contribution < -0.4 is 11.1 Å². The molecule has 0 spiro atoms. The van der Waals surface area contributed by atoms with Crippen LogP contribution in [0.4, 0.5) is 5.82 Å². The van der Waals surface area contributed by atoms with Crippen molar-refractivity contribution in [2.75, 3.05) is 12.3 Å². The summed E-state index contributed by atoms with van der Waals surface area (Å²) in [7, 11) is 0. The van der Waals surface area contributed by atoms with Gasteiger partial charge in [0.1, 0.15) is 11.0 Å². The van der Waals surface area contributed by atoms with Crippen molar-refractivity contribution < 1.29 is 4.79 Å². The van der Waals surface area contributed by atoms with Gasteiger partial charge in [0, 0.05) is 12.6 Å². The lowest BCUT2D eigenvalue weighted by Crippen LogP contribution is -2.26. The second kappa shape index (κ2) is 4.76. The predicted octanol–water partition coefficient (Wildman–Crippen LogP) is 0.852. The maximum absolute atomic E-state index is 11.4. The molecule has 0 radical (unpaired) electrons. The first kappa shape index (κ1) is 10.7. The summed E-state index contributed by atoms with van der Waals surface area (Å²) in [5, 5.41) is 2.79. The van der Waals surface area contributed by atoms with Crippen LogP contribution in [0, 0.1) is 0 Å². The van der Waals surface area contributed by atoms with Crippen molar-refractivity contribution in [2.45, 2.75) is 13.3 Å². The molecule has 0 unspecified atom stereocenters. The van der Waals surface area contributed by atoms with Crippen molar-refractivity contribution in [1.29, 1.82) is 0 Å². The number of nitrogens with two attached hydrogens (primary N) is 1. The van der Waals surface area contributed by atoms with Gasteiger partial charge in [-0.1, -0.05) is 18.5 Å². The summed E-state index contributed by atoms with van der Waals surface area (Å²) in [6.45, 7) is 2.53. The summed E-state index contributed by atoms with van der Waals surface area (Å²) in [6, 6.07) is 1.39. The van der Waals surface area contributed by atoms with Crippen molar-refractivity contribution in [1.82, 2.24) is 15.3 Å². The molecule has 0 saturated carbocycles. The van der Waals surface area contributed by atoms with E-state index in [1.807, 2.05) is 6.92 Å². The predicted molar refractivity (Wildman–Crippen MR) is 54.1 cm³/mol. The third kappa shape index (κ3) is 2.85. The third-order valence-corrected chi connectivity index (χ3v) is 1.65. The molecule has 1 aromatic rings. The van der Waals surface area contributed by atoms with Gasteiger partial charge in [0.2, 0.25) is 5.82 Å². The number of halogens is 1. The molecule has 0 fully saturated rings. The van der Waals surface area contributed by atoms with Crippen LogP contribution in [-0.4, -0.2) is 22.4 Å². The minimum atomic E-state index is -0.360. The van der Waals surface area contributed by atoms with E-state index in [-0.39, 0.29) is 22.7 Å². The van der Waals surface area contributed by atoms with E-state index >= 15 is 0 Å². The number of carbonyl (C=O) groups is 1. The maximum atomic E-state index is 11.4. The second-order valence-electron chi connectivity index (χ2n) is 2.70. The molecule has 3 N–H and O–H groups in total. The maximum Gasteiger partial charge on any atom is 0.289 e. The number of nitrogens with one attached hydrogen (secondary N) is 1. The molecule has 5 nitrogen and oxygen atoms in total. The largest absolute Gasteiger partial charge is 0.384 e. The first-order valence-electron chi connectivity index (χ1n) is 4.21. The summed E-state index contributed by atoms with van der Waals surface area (Å²) in [6.07, 6.45) is 0.849. The highest BCUT2D eigenvalue weighted by molar-refractivity contribution is 6.29. The van der Waals surface area contributed by atoms with Gasteiger partial charge in [-0.25, -0.2) is 9.97 Å². The highest BCUT2D eigenvalue weighted by atomic mass is 35.5. The van der Waals surface area contributed by atoms with E-state index in [1.54, 1.807) is 0 Å². The lowest BCUT2D eigenvalue weighted by molar-refractivity contribution is 0.0943. The zero-order chi connectivity index (χ0) is 10.6. The zero-order valence-electron chi connectivity index (χ0n) is 7.75. The van der Waals surface area contributed by atoms with Crippen LogP contribution in [0.1, 0.15) is 24.0 Å². The Bertz CT molecular complexity index is 322. The Hall–Kier alpha value is -1.36. The van der Waals surface area contributed by atoms with Gasteiger partial charge >= 0.3 is 0 Å². The van der Waals surface area contributed by atoms with Crippen LogP contribution in [0.3, 0.4) is 0 Å². The number of amides is 1. The molecular weight excluding hydrogens is 204 g/mol. The van der Waals surface area contributed by atoms with Gasteiger partial charge in [-0.3, -0.25) is 4.79 Å². The fourth-order valence-corrected chi connectivity index (χ4v) is 1.05. The molecule has 0 aliphatic carbocycles. The SMILES string of the molecule is CCCNC(=O)c1nc(N)cc(Cl)n1. The van der Waals surface area contributed by atoms with Gasteiger partial charge in [0.05, 0.1) is 0 Å². The lowest BCUT2D eigenvalue weighted by Gasteiger charge is -2.02. The molecule has 1 amide bonds. The van der Waals surface area contributed by atoms with Crippen LogP contribution in [0.2, 0.25) is 5.15 Å².